The number of ether oxygens (including phenoxy) is 1. The van der Waals surface area contributed by atoms with Gasteiger partial charge in [-0.2, -0.15) is 0 Å². The number of carbonyl (C=O) groups is 1. The van der Waals surface area contributed by atoms with Crippen molar-refractivity contribution in [3.05, 3.63) is 71.5 Å². The number of rotatable bonds is 6. The van der Waals surface area contributed by atoms with Gasteiger partial charge in [-0.1, -0.05) is 55.5 Å². The van der Waals surface area contributed by atoms with E-state index in [1.807, 2.05) is 42.5 Å². The second-order valence-corrected chi connectivity index (χ2v) is 5.86. The molecule has 4 nitrogen and oxygen atoms in total. The molecule has 0 aliphatic rings. The lowest BCUT2D eigenvalue weighted by atomic mass is 10.0. The van der Waals surface area contributed by atoms with Crippen molar-refractivity contribution in [1.82, 2.24) is 5.32 Å². The molecule has 0 fully saturated rings. The maximum Gasteiger partial charge on any atom is 0.287 e. The van der Waals surface area contributed by atoms with Crippen molar-refractivity contribution >= 4 is 16.9 Å². The Labute approximate surface area is 141 Å². The first-order chi connectivity index (χ1) is 11.7. The third kappa shape index (κ3) is 3.34. The monoisotopic (exact) mass is 323 g/mol. The van der Waals surface area contributed by atoms with Gasteiger partial charge in [0.1, 0.15) is 5.58 Å². The second-order valence-electron chi connectivity index (χ2n) is 5.86. The maximum absolute atomic E-state index is 12.6. The van der Waals surface area contributed by atoms with Gasteiger partial charge < -0.3 is 14.5 Å². The Morgan fingerprint density at radius 2 is 1.83 bits per heavy atom. The molecule has 0 aliphatic heterocycles. The molecule has 1 heterocycles. The number of nitrogens with one attached hydrogen (secondary N) is 1. The molecule has 0 unspecified atom stereocenters. The zero-order valence-corrected chi connectivity index (χ0v) is 13.9. The van der Waals surface area contributed by atoms with E-state index >= 15 is 0 Å². The quantitative estimate of drug-likeness (QED) is 0.742. The molecule has 0 saturated carbocycles. The molecule has 4 heteroatoms. The highest BCUT2D eigenvalue weighted by Gasteiger charge is 2.20. The summed E-state index contributed by atoms with van der Waals surface area (Å²) in [6.07, 6.45) is 0. The van der Waals surface area contributed by atoms with E-state index in [9.17, 15) is 4.79 Å². The molecule has 3 aromatic rings. The molecule has 3 rings (SSSR count). The summed E-state index contributed by atoms with van der Waals surface area (Å²) in [4.78, 5) is 12.6. The third-order valence-electron chi connectivity index (χ3n) is 4.13. The van der Waals surface area contributed by atoms with Crippen molar-refractivity contribution in [1.29, 1.82) is 0 Å². The Balaban J connectivity index is 1.77. The van der Waals surface area contributed by atoms with Gasteiger partial charge in [0.05, 0.1) is 6.61 Å². The third-order valence-corrected chi connectivity index (χ3v) is 4.13. The lowest BCUT2D eigenvalue weighted by Gasteiger charge is -2.12. The van der Waals surface area contributed by atoms with Crippen LogP contribution in [0.2, 0.25) is 0 Å². The van der Waals surface area contributed by atoms with Crippen LogP contribution in [0.3, 0.4) is 0 Å². The van der Waals surface area contributed by atoms with Crippen LogP contribution in [-0.2, 0) is 11.3 Å². The Kier molecular flexibility index (Phi) is 4.96. The Hall–Kier alpha value is -2.59. The van der Waals surface area contributed by atoms with Crippen LogP contribution in [0.25, 0.3) is 11.0 Å². The van der Waals surface area contributed by atoms with Crippen LogP contribution in [-0.4, -0.2) is 19.6 Å². The van der Waals surface area contributed by atoms with Gasteiger partial charge in [-0.25, -0.2) is 0 Å². The molecule has 124 valence electrons. The molecule has 2 aromatic carbocycles. The largest absolute Gasteiger partial charge is 0.451 e. The van der Waals surface area contributed by atoms with Crippen molar-refractivity contribution < 1.29 is 13.9 Å². The van der Waals surface area contributed by atoms with Crippen LogP contribution in [0.4, 0.5) is 0 Å². The summed E-state index contributed by atoms with van der Waals surface area (Å²) in [5, 5.41) is 3.89. The van der Waals surface area contributed by atoms with E-state index in [0.29, 0.717) is 24.5 Å². The van der Waals surface area contributed by atoms with Gasteiger partial charge in [0.15, 0.2) is 5.76 Å². The van der Waals surface area contributed by atoms with Crippen molar-refractivity contribution in [2.45, 2.75) is 19.4 Å². The number of fused-ring (bicyclic) bond motifs is 1. The molecule has 0 bridgehead atoms. The summed E-state index contributed by atoms with van der Waals surface area (Å²) in [6.45, 7) is 2.98. The van der Waals surface area contributed by atoms with Crippen molar-refractivity contribution in [3.63, 3.8) is 0 Å². The fourth-order valence-electron chi connectivity index (χ4n) is 2.80. The van der Waals surface area contributed by atoms with Gasteiger partial charge in [-0.3, -0.25) is 4.79 Å². The molecule has 1 N–H and O–H groups in total. The number of benzene rings is 2. The summed E-state index contributed by atoms with van der Waals surface area (Å²) in [5.41, 5.74) is 2.68. The zero-order valence-electron chi connectivity index (χ0n) is 13.9. The number of furan rings is 1. The van der Waals surface area contributed by atoms with Crippen LogP contribution < -0.4 is 5.32 Å². The van der Waals surface area contributed by atoms with Gasteiger partial charge in [-0.15, -0.1) is 0 Å². The average Bonchev–Trinajstić information content (AvgIpc) is 2.99. The van der Waals surface area contributed by atoms with Crippen LogP contribution in [0.5, 0.6) is 0 Å². The highest BCUT2D eigenvalue weighted by Crippen LogP contribution is 2.26. The van der Waals surface area contributed by atoms with E-state index in [2.05, 4.69) is 24.4 Å². The van der Waals surface area contributed by atoms with Crippen LogP contribution in [0, 0.1) is 0 Å². The van der Waals surface area contributed by atoms with Crippen LogP contribution in [0.15, 0.2) is 59.0 Å². The number of para-hydroxylation sites is 1. The first kappa shape index (κ1) is 16.3. The van der Waals surface area contributed by atoms with Gasteiger partial charge in [0, 0.05) is 24.6 Å². The minimum Gasteiger partial charge on any atom is -0.451 e. The normalized spacial score (nSPS) is 12.2. The van der Waals surface area contributed by atoms with Crippen molar-refractivity contribution in [3.8, 4) is 0 Å². The van der Waals surface area contributed by atoms with Crippen molar-refractivity contribution in [2.75, 3.05) is 13.7 Å². The molecular formula is C20H21NO3. The molecule has 0 saturated heterocycles. The first-order valence-electron chi connectivity index (χ1n) is 8.03. The number of carbonyl (C=O) groups excluding carboxylic acids is 1. The fourth-order valence-corrected chi connectivity index (χ4v) is 2.80. The van der Waals surface area contributed by atoms with E-state index in [1.165, 1.54) is 5.56 Å². The molecule has 0 spiro atoms. The highest BCUT2D eigenvalue weighted by atomic mass is 16.5. The predicted octanol–water partition coefficient (Wildman–Crippen LogP) is 4.11. The molecule has 1 atom stereocenters. The number of hydrogen-bond acceptors (Lipinski definition) is 3. The molecule has 0 radical (unpaired) electrons. The van der Waals surface area contributed by atoms with Gasteiger partial charge in [-0.05, 0) is 17.5 Å². The minimum absolute atomic E-state index is 0.207. The van der Waals surface area contributed by atoms with Gasteiger partial charge >= 0.3 is 0 Å². The SMILES string of the molecule is COCc1c(C(=O)NC[C@@H](C)c2ccccc2)oc2ccccc12. The predicted molar refractivity (Wildman–Crippen MR) is 94.1 cm³/mol. The smallest absolute Gasteiger partial charge is 0.287 e. The summed E-state index contributed by atoms with van der Waals surface area (Å²) in [7, 11) is 1.61. The lowest BCUT2D eigenvalue weighted by molar-refractivity contribution is 0.0919. The Bertz CT molecular complexity index is 823. The van der Waals surface area contributed by atoms with Crippen LogP contribution in [0.1, 0.15) is 34.5 Å². The zero-order chi connectivity index (χ0) is 16.9. The van der Waals surface area contributed by atoms with Crippen LogP contribution >= 0.6 is 0 Å². The highest BCUT2D eigenvalue weighted by molar-refractivity contribution is 5.99. The summed E-state index contributed by atoms with van der Waals surface area (Å²) >= 11 is 0. The maximum atomic E-state index is 12.6. The van der Waals surface area contributed by atoms with E-state index < -0.39 is 0 Å². The Morgan fingerprint density at radius 3 is 2.58 bits per heavy atom. The Morgan fingerprint density at radius 1 is 1.12 bits per heavy atom. The number of methoxy groups -OCH3 is 1. The van der Waals surface area contributed by atoms with Gasteiger partial charge in [0.2, 0.25) is 0 Å². The topological polar surface area (TPSA) is 51.5 Å². The number of amides is 1. The number of hydrogen-bond donors (Lipinski definition) is 1. The van der Waals surface area contributed by atoms with E-state index in [0.717, 1.165) is 10.9 Å². The molecule has 0 aliphatic carbocycles. The minimum atomic E-state index is -0.207. The molecule has 1 aromatic heterocycles. The second kappa shape index (κ2) is 7.32. The standard InChI is InChI=1S/C20H21NO3/c1-14(15-8-4-3-5-9-15)12-21-20(22)19-17(13-23-2)16-10-6-7-11-18(16)24-19/h3-11,14H,12-13H2,1-2H3,(H,21,22)/t14-/m1/s1. The summed E-state index contributed by atoms with van der Waals surface area (Å²) in [6, 6.07) is 17.7. The van der Waals surface area contributed by atoms with E-state index in [1.54, 1.807) is 7.11 Å². The fraction of sp³-hybridized carbons (Fsp3) is 0.250. The lowest BCUT2D eigenvalue weighted by Crippen LogP contribution is -2.28. The van der Waals surface area contributed by atoms with Gasteiger partial charge in [0.25, 0.3) is 5.91 Å². The molecular weight excluding hydrogens is 302 g/mol. The molecule has 1 amide bonds. The molecule has 24 heavy (non-hydrogen) atoms. The van der Waals surface area contributed by atoms with E-state index in [-0.39, 0.29) is 11.8 Å². The van der Waals surface area contributed by atoms with E-state index in [4.69, 9.17) is 9.15 Å². The van der Waals surface area contributed by atoms with Crippen molar-refractivity contribution in [2.24, 2.45) is 0 Å². The summed E-state index contributed by atoms with van der Waals surface area (Å²) in [5.74, 6) is 0.352. The summed E-state index contributed by atoms with van der Waals surface area (Å²) < 4.78 is 11.0. The first-order valence-corrected chi connectivity index (χ1v) is 8.03. The average molecular weight is 323 g/mol.